The van der Waals surface area contributed by atoms with Gasteiger partial charge in [0.1, 0.15) is 49.6 Å². The van der Waals surface area contributed by atoms with Crippen molar-refractivity contribution in [3.63, 3.8) is 0 Å². The Labute approximate surface area is 308 Å². The fourth-order valence-corrected chi connectivity index (χ4v) is 13.1. The van der Waals surface area contributed by atoms with Crippen molar-refractivity contribution in [3.8, 4) is 34.5 Å². The fourth-order valence-electron chi connectivity index (χ4n) is 7.86. The van der Waals surface area contributed by atoms with Crippen molar-refractivity contribution >= 4 is 41.9 Å². The standard InChI is InChI=1S/C40H46F4N4O4Si/c1-24(2)53(25(3)4,26(5)6)16-11-29-32(41)10-9-27-17-28(52-23-50-7)18-30(33(27)29)35-34(42)36-31(19-45-35)37(48-15-8-12-40(43,44)20-48)47-38(46-36)51-22-39(21-49)13-14-39/h9-10,17-19,21,24-26H,8,12-15,20,22-23H2,1-7H3. The Bertz CT molecular complexity index is 2070. The molecule has 4 aromatic rings. The molecule has 2 aromatic heterocycles. The van der Waals surface area contributed by atoms with Crippen molar-refractivity contribution < 1.29 is 36.6 Å². The first-order valence-corrected chi connectivity index (χ1v) is 20.4. The molecule has 0 spiro atoms. The van der Waals surface area contributed by atoms with E-state index in [4.69, 9.17) is 14.2 Å². The number of piperidine rings is 1. The van der Waals surface area contributed by atoms with Crippen molar-refractivity contribution in [3.05, 3.63) is 47.7 Å². The summed E-state index contributed by atoms with van der Waals surface area (Å²) in [5, 5.41) is 0.991. The van der Waals surface area contributed by atoms with Gasteiger partial charge in [0, 0.05) is 37.2 Å². The first kappa shape index (κ1) is 38.4. The second-order valence-corrected chi connectivity index (χ2v) is 20.9. The Morgan fingerprint density at radius 1 is 1.00 bits per heavy atom. The minimum atomic E-state index is -2.98. The molecule has 0 unspecified atom stereocenters. The second kappa shape index (κ2) is 14.9. The highest BCUT2D eigenvalue weighted by molar-refractivity contribution is 6.90. The third kappa shape index (κ3) is 7.45. The lowest BCUT2D eigenvalue weighted by Gasteiger charge is -2.38. The molecule has 1 aliphatic carbocycles. The number of benzene rings is 2. The summed E-state index contributed by atoms with van der Waals surface area (Å²) in [5.41, 5.74) is 3.70. The molecule has 13 heteroatoms. The summed E-state index contributed by atoms with van der Waals surface area (Å²) in [6.07, 6.45) is 3.34. The molecule has 6 rings (SSSR count). The van der Waals surface area contributed by atoms with E-state index in [2.05, 4.69) is 68.0 Å². The van der Waals surface area contributed by atoms with Gasteiger partial charge in [0.05, 0.1) is 22.9 Å². The van der Waals surface area contributed by atoms with E-state index in [1.165, 1.54) is 24.3 Å². The van der Waals surface area contributed by atoms with Gasteiger partial charge in [-0.1, -0.05) is 53.5 Å². The summed E-state index contributed by atoms with van der Waals surface area (Å²) in [4.78, 5) is 26.5. The largest absolute Gasteiger partial charge is 0.468 e. The van der Waals surface area contributed by atoms with Crippen LogP contribution in [0.3, 0.4) is 0 Å². The lowest BCUT2D eigenvalue weighted by molar-refractivity contribution is -0.113. The SMILES string of the molecule is COCOc1cc(-c2ncc3c(N4CCCC(F)(F)C4)nc(OCC4(C=O)CC4)nc3c2F)c2c(C#C[Si](C(C)C)(C(C)C)C(C)C)c(F)ccc2c1. The number of hydrogen-bond donors (Lipinski definition) is 0. The quantitative estimate of drug-likeness (QED) is 0.0466. The van der Waals surface area contributed by atoms with Crippen LogP contribution in [0.25, 0.3) is 32.9 Å². The van der Waals surface area contributed by atoms with Crippen LogP contribution in [-0.4, -0.2) is 68.8 Å². The van der Waals surface area contributed by atoms with Crippen molar-refractivity contribution in [1.82, 2.24) is 15.0 Å². The van der Waals surface area contributed by atoms with Crippen LogP contribution in [-0.2, 0) is 9.53 Å². The third-order valence-corrected chi connectivity index (χ3v) is 17.2. The van der Waals surface area contributed by atoms with Gasteiger partial charge in [-0.2, -0.15) is 9.97 Å². The Morgan fingerprint density at radius 2 is 1.72 bits per heavy atom. The number of anilines is 1. The molecule has 1 saturated carbocycles. The average Bonchev–Trinajstić information content (AvgIpc) is 3.90. The number of fused-ring (bicyclic) bond motifs is 2. The molecule has 3 heterocycles. The highest BCUT2D eigenvalue weighted by atomic mass is 28.3. The number of hydrogen-bond acceptors (Lipinski definition) is 8. The molecule has 2 aromatic carbocycles. The normalized spacial score (nSPS) is 16.7. The second-order valence-electron chi connectivity index (χ2n) is 15.4. The Balaban J connectivity index is 1.60. The number of alkyl halides is 2. The third-order valence-electron chi connectivity index (χ3n) is 10.9. The minimum absolute atomic E-state index is 0.0318. The van der Waals surface area contributed by atoms with Crippen LogP contribution >= 0.6 is 0 Å². The fraction of sp³-hybridized carbons (Fsp3) is 0.500. The molecule has 0 amide bonds. The number of pyridine rings is 1. The number of nitrogens with zero attached hydrogens (tertiary/aromatic N) is 4. The van der Waals surface area contributed by atoms with E-state index in [1.807, 2.05) is 0 Å². The summed E-state index contributed by atoms with van der Waals surface area (Å²) >= 11 is 0. The lowest BCUT2D eigenvalue weighted by atomic mass is 9.95. The molecule has 0 atom stereocenters. The van der Waals surface area contributed by atoms with Crippen LogP contribution in [0.4, 0.5) is 23.4 Å². The predicted molar refractivity (Wildman–Crippen MR) is 200 cm³/mol. The van der Waals surface area contributed by atoms with Crippen LogP contribution in [0.2, 0.25) is 16.6 Å². The maximum Gasteiger partial charge on any atom is 0.319 e. The summed E-state index contributed by atoms with van der Waals surface area (Å²) in [6, 6.07) is 5.95. The molecule has 1 aliphatic heterocycles. The molecule has 2 fully saturated rings. The van der Waals surface area contributed by atoms with E-state index in [1.54, 1.807) is 18.2 Å². The highest BCUT2D eigenvalue weighted by Crippen LogP contribution is 2.45. The van der Waals surface area contributed by atoms with Gasteiger partial charge in [0.25, 0.3) is 5.92 Å². The topological polar surface area (TPSA) is 86.7 Å². The van der Waals surface area contributed by atoms with Crippen LogP contribution in [0, 0.1) is 28.5 Å². The average molecular weight is 751 g/mol. The summed E-state index contributed by atoms with van der Waals surface area (Å²) in [5.74, 6) is -0.811. The molecule has 53 heavy (non-hydrogen) atoms. The van der Waals surface area contributed by atoms with E-state index in [9.17, 15) is 13.6 Å². The number of ether oxygens (including phenoxy) is 3. The Kier molecular flexibility index (Phi) is 10.8. The molecular weight excluding hydrogens is 705 g/mol. The lowest BCUT2D eigenvalue weighted by Crippen LogP contribution is -2.43. The zero-order valence-electron chi connectivity index (χ0n) is 31.3. The van der Waals surface area contributed by atoms with Crippen molar-refractivity contribution in [1.29, 1.82) is 0 Å². The van der Waals surface area contributed by atoms with Crippen molar-refractivity contribution in [2.24, 2.45) is 5.41 Å². The number of aromatic nitrogens is 3. The highest BCUT2D eigenvalue weighted by Gasteiger charge is 2.44. The zero-order valence-corrected chi connectivity index (χ0v) is 32.3. The van der Waals surface area contributed by atoms with Crippen LogP contribution in [0.15, 0.2) is 30.5 Å². The molecule has 282 valence electrons. The van der Waals surface area contributed by atoms with Gasteiger partial charge in [0.2, 0.25) is 0 Å². The van der Waals surface area contributed by atoms with Gasteiger partial charge in [-0.15, -0.1) is 5.54 Å². The minimum Gasteiger partial charge on any atom is -0.468 e. The Morgan fingerprint density at radius 3 is 2.34 bits per heavy atom. The maximum absolute atomic E-state index is 17.2. The maximum atomic E-state index is 17.2. The summed E-state index contributed by atoms with van der Waals surface area (Å²) in [6.45, 7) is 12.5. The summed E-state index contributed by atoms with van der Waals surface area (Å²) in [7, 11) is -0.850. The molecule has 2 aliphatic rings. The molecule has 0 bridgehead atoms. The molecule has 0 radical (unpaired) electrons. The van der Waals surface area contributed by atoms with E-state index in [0.717, 1.165) is 6.29 Å². The predicted octanol–water partition coefficient (Wildman–Crippen LogP) is 9.27. The van der Waals surface area contributed by atoms with Gasteiger partial charge in [-0.3, -0.25) is 4.98 Å². The number of carbonyl (C=O) groups excluding carboxylic acids is 1. The number of methoxy groups -OCH3 is 1. The van der Waals surface area contributed by atoms with E-state index in [-0.39, 0.29) is 89.0 Å². The van der Waals surface area contributed by atoms with E-state index < -0.39 is 37.6 Å². The zero-order chi connectivity index (χ0) is 38.3. The number of halogens is 4. The van der Waals surface area contributed by atoms with Gasteiger partial charge in [0.15, 0.2) is 12.6 Å². The molecule has 0 N–H and O–H groups in total. The van der Waals surface area contributed by atoms with Crippen LogP contribution < -0.4 is 14.4 Å². The Hall–Kier alpha value is -4.28. The van der Waals surface area contributed by atoms with Gasteiger partial charge < -0.3 is 23.9 Å². The number of rotatable bonds is 12. The number of carbonyl (C=O) groups is 1. The van der Waals surface area contributed by atoms with Gasteiger partial charge >= 0.3 is 6.01 Å². The van der Waals surface area contributed by atoms with Crippen molar-refractivity contribution in [2.45, 2.75) is 89.8 Å². The molecular formula is C40H46F4N4O4Si. The monoisotopic (exact) mass is 750 g/mol. The van der Waals surface area contributed by atoms with E-state index in [0.29, 0.717) is 29.4 Å². The smallest absolute Gasteiger partial charge is 0.319 e. The van der Waals surface area contributed by atoms with Crippen LogP contribution in [0.5, 0.6) is 11.8 Å². The molecule has 1 saturated heterocycles. The van der Waals surface area contributed by atoms with E-state index >= 15 is 8.78 Å². The summed E-state index contributed by atoms with van der Waals surface area (Å²) < 4.78 is 79.4. The number of aldehydes is 1. The first-order valence-electron chi connectivity index (χ1n) is 18.1. The van der Waals surface area contributed by atoms with Gasteiger partial charge in [-0.05, 0) is 59.5 Å². The van der Waals surface area contributed by atoms with Crippen LogP contribution in [0.1, 0.15) is 72.8 Å². The van der Waals surface area contributed by atoms with Crippen molar-refractivity contribution in [2.75, 3.05) is 38.5 Å². The molecule has 8 nitrogen and oxygen atoms in total. The first-order chi connectivity index (χ1) is 25.1. The van der Waals surface area contributed by atoms with Gasteiger partial charge in [-0.25, -0.2) is 17.6 Å².